The molecule has 1 N–H and O–H groups in total. The van der Waals surface area contributed by atoms with Crippen LogP contribution in [-0.4, -0.2) is 37.2 Å². The van der Waals surface area contributed by atoms with Crippen LogP contribution in [0, 0.1) is 6.92 Å². The van der Waals surface area contributed by atoms with E-state index in [9.17, 15) is 4.79 Å². The van der Waals surface area contributed by atoms with E-state index in [2.05, 4.69) is 42.4 Å². The minimum Gasteiger partial charge on any atom is -0.449 e. The summed E-state index contributed by atoms with van der Waals surface area (Å²) in [5.41, 5.74) is 4.05. The number of likely N-dealkylation sites (tertiary alicyclic amines) is 1. The maximum absolute atomic E-state index is 12.2. The third kappa shape index (κ3) is 4.60. The molecule has 0 aromatic heterocycles. The van der Waals surface area contributed by atoms with Crippen LogP contribution in [0.3, 0.4) is 0 Å². The Kier molecular flexibility index (Phi) is 5.71. The first-order valence-electron chi connectivity index (χ1n) is 8.93. The van der Waals surface area contributed by atoms with Gasteiger partial charge in [-0.25, -0.2) is 4.79 Å². The fourth-order valence-corrected chi connectivity index (χ4v) is 3.43. The van der Waals surface area contributed by atoms with Crippen molar-refractivity contribution in [2.24, 2.45) is 0 Å². The maximum atomic E-state index is 12.2. The van der Waals surface area contributed by atoms with Crippen LogP contribution in [0.15, 0.2) is 48.5 Å². The third-order valence-electron chi connectivity index (χ3n) is 4.85. The van der Waals surface area contributed by atoms with Gasteiger partial charge in [0, 0.05) is 11.6 Å². The van der Waals surface area contributed by atoms with E-state index >= 15 is 0 Å². The molecule has 1 heterocycles. The summed E-state index contributed by atoms with van der Waals surface area (Å²) < 4.78 is 5.39. The van der Waals surface area contributed by atoms with Gasteiger partial charge in [-0.05, 0) is 51.4 Å². The highest BCUT2D eigenvalue weighted by Crippen LogP contribution is 2.28. The lowest BCUT2D eigenvalue weighted by molar-refractivity contribution is 0.147. The first-order valence-corrected chi connectivity index (χ1v) is 8.93. The quantitative estimate of drug-likeness (QED) is 0.859. The van der Waals surface area contributed by atoms with E-state index in [-0.39, 0.29) is 6.09 Å². The molecule has 1 aliphatic rings. The van der Waals surface area contributed by atoms with Gasteiger partial charge in [-0.15, -0.1) is 0 Å². The van der Waals surface area contributed by atoms with Crippen molar-refractivity contribution < 1.29 is 9.53 Å². The van der Waals surface area contributed by atoms with Crippen LogP contribution in [0.1, 0.15) is 24.8 Å². The van der Waals surface area contributed by atoms with Gasteiger partial charge in [-0.2, -0.15) is 0 Å². The van der Waals surface area contributed by atoms with Crippen LogP contribution in [-0.2, 0) is 4.74 Å². The molecule has 1 unspecified atom stereocenters. The lowest BCUT2D eigenvalue weighted by Crippen LogP contribution is -2.27. The van der Waals surface area contributed by atoms with Gasteiger partial charge in [0.1, 0.15) is 0 Å². The van der Waals surface area contributed by atoms with Crippen molar-refractivity contribution in [1.82, 2.24) is 4.90 Å². The zero-order valence-electron chi connectivity index (χ0n) is 15.0. The topological polar surface area (TPSA) is 41.6 Å². The summed E-state index contributed by atoms with van der Waals surface area (Å²) in [5.74, 6) is 0. The minimum absolute atomic E-state index is 0.388. The number of nitrogens with zero attached hydrogens (tertiary/aromatic N) is 1. The molecule has 25 heavy (non-hydrogen) atoms. The van der Waals surface area contributed by atoms with Crippen molar-refractivity contribution in [3.8, 4) is 11.1 Å². The van der Waals surface area contributed by atoms with Gasteiger partial charge in [0.2, 0.25) is 0 Å². The first-order chi connectivity index (χ1) is 12.1. The van der Waals surface area contributed by atoms with Gasteiger partial charge in [-0.1, -0.05) is 48.0 Å². The predicted octanol–water partition coefficient (Wildman–Crippen LogP) is 4.69. The molecule has 2 aromatic rings. The summed E-state index contributed by atoms with van der Waals surface area (Å²) in [4.78, 5) is 14.5. The fourth-order valence-electron chi connectivity index (χ4n) is 3.43. The molecule has 4 nitrogen and oxygen atoms in total. The monoisotopic (exact) mass is 338 g/mol. The molecule has 1 aliphatic heterocycles. The van der Waals surface area contributed by atoms with Gasteiger partial charge in [-0.3, -0.25) is 5.32 Å². The highest BCUT2D eigenvalue weighted by molar-refractivity contribution is 5.91. The highest BCUT2D eigenvalue weighted by atomic mass is 16.5. The molecule has 0 saturated carbocycles. The second kappa shape index (κ2) is 8.17. The molecule has 4 heteroatoms. The number of carbonyl (C=O) groups excluding carboxylic acids is 1. The minimum atomic E-state index is -0.388. The Balaban J connectivity index is 1.60. The zero-order chi connectivity index (χ0) is 17.6. The van der Waals surface area contributed by atoms with Crippen LogP contribution in [0.5, 0.6) is 0 Å². The summed E-state index contributed by atoms with van der Waals surface area (Å²) in [6.45, 7) is 3.65. The standard InChI is InChI=1S/C21H26N2O2/c1-16-7-5-8-17(15-16)19-10-3-4-11-20(19)22-21(24)25-14-12-18-9-6-13-23(18)2/h3-5,7-8,10-11,15,18H,6,9,12-14H2,1-2H3,(H,22,24). The van der Waals surface area contributed by atoms with Crippen molar-refractivity contribution in [2.45, 2.75) is 32.2 Å². The first kappa shape index (κ1) is 17.5. The van der Waals surface area contributed by atoms with Crippen molar-refractivity contribution in [1.29, 1.82) is 0 Å². The number of amides is 1. The smallest absolute Gasteiger partial charge is 0.411 e. The number of para-hydroxylation sites is 1. The SMILES string of the molecule is Cc1cccc(-c2ccccc2NC(=O)OCCC2CCCN2C)c1. The van der Waals surface area contributed by atoms with Gasteiger partial charge in [0.25, 0.3) is 0 Å². The third-order valence-corrected chi connectivity index (χ3v) is 4.85. The normalized spacial score (nSPS) is 17.4. The Morgan fingerprint density at radius 1 is 1.24 bits per heavy atom. The van der Waals surface area contributed by atoms with Gasteiger partial charge >= 0.3 is 6.09 Å². The van der Waals surface area contributed by atoms with Crippen molar-refractivity contribution in [3.63, 3.8) is 0 Å². The fraction of sp³-hybridized carbons (Fsp3) is 0.381. The molecule has 1 fully saturated rings. The number of ether oxygens (including phenoxy) is 1. The molecule has 3 rings (SSSR count). The van der Waals surface area contributed by atoms with Crippen molar-refractivity contribution >= 4 is 11.8 Å². The van der Waals surface area contributed by atoms with E-state index in [0.717, 1.165) is 29.8 Å². The molecule has 132 valence electrons. The number of benzene rings is 2. The second-order valence-electron chi connectivity index (χ2n) is 6.74. The Hall–Kier alpha value is -2.33. The highest BCUT2D eigenvalue weighted by Gasteiger charge is 2.20. The summed E-state index contributed by atoms with van der Waals surface area (Å²) in [6.07, 6.45) is 2.93. The van der Waals surface area contributed by atoms with E-state index in [1.54, 1.807) is 0 Å². The predicted molar refractivity (Wildman–Crippen MR) is 102 cm³/mol. The van der Waals surface area contributed by atoms with Crippen molar-refractivity contribution in [3.05, 3.63) is 54.1 Å². The summed E-state index contributed by atoms with van der Waals surface area (Å²) >= 11 is 0. The van der Waals surface area contributed by atoms with E-state index < -0.39 is 0 Å². The van der Waals surface area contributed by atoms with E-state index in [4.69, 9.17) is 4.74 Å². The molecule has 2 aromatic carbocycles. The van der Waals surface area contributed by atoms with Crippen LogP contribution in [0.4, 0.5) is 10.5 Å². The number of hydrogen-bond acceptors (Lipinski definition) is 3. The molecule has 0 bridgehead atoms. The molecule has 1 saturated heterocycles. The number of hydrogen-bond donors (Lipinski definition) is 1. The number of rotatable bonds is 5. The molecular weight excluding hydrogens is 312 g/mol. The summed E-state index contributed by atoms with van der Waals surface area (Å²) in [5, 5.41) is 2.89. The molecule has 0 radical (unpaired) electrons. The van der Waals surface area contributed by atoms with Crippen molar-refractivity contribution in [2.75, 3.05) is 25.5 Å². The second-order valence-corrected chi connectivity index (χ2v) is 6.74. The molecule has 0 aliphatic carbocycles. The Morgan fingerprint density at radius 2 is 2.08 bits per heavy atom. The van der Waals surface area contributed by atoms with E-state index in [0.29, 0.717) is 12.6 Å². The van der Waals surface area contributed by atoms with Crippen LogP contribution in [0.2, 0.25) is 0 Å². The van der Waals surface area contributed by atoms with Crippen LogP contribution >= 0.6 is 0 Å². The van der Waals surface area contributed by atoms with Crippen LogP contribution in [0.25, 0.3) is 11.1 Å². The number of aryl methyl sites for hydroxylation is 1. The number of nitrogens with one attached hydrogen (secondary N) is 1. The summed E-state index contributed by atoms with van der Waals surface area (Å²) in [7, 11) is 2.13. The number of carbonyl (C=O) groups is 1. The number of anilines is 1. The van der Waals surface area contributed by atoms with E-state index in [1.807, 2.05) is 30.3 Å². The van der Waals surface area contributed by atoms with Gasteiger partial charge in [0.05, 0.1) is 12.3 Å². The Labute approximate surface area is 149 Å². The average Bonchev–Trinajstić information content (AvgIpc) is 3.00. The largest absolute Gasteiger partial charge is 0.449 e. The maximum Gasteiger partial charge on any atom is 0.411 e. The zero-order valence-corrected chi connectivity index (χ0v) is 15.0. The van der Waals surface area contributed by atoms with Gasteiger partial charge < -0.3 is 9.64 Å². The molecule has 1 atom stereocenters. The molecular formula is C21H26N2O2. The summed E-state index contributed by atoms with van der Waals surface area (Å²) in [6, 6.07) is 16.6. The molecule has 0 spiro atoms. The lowest BCUT2D eigenvalue weighted by atomic mass is 10.0. The average molecular weight is 338 g/mol. The Bertz CT molecular complexity index is 729. The molecule has 1 amide bonds. The van der Waals surface area contributed by atoms with Crippen LogP contribution < -0.4 is 5.32 Å². The van der Waals surface area contributed by atoms with Gasteiger partial charge in [0.15, 0.2) is 0 Å². The lowest BCUT2D eigenvalue weighted by Gasteiger charge is -2.19. The Morgan fingerprint density at radius 3 is 2.84 bits per heavy atom. The van der Waals surface area contributed by atoms with E-state index in [1.165, 1.54) is 18.4 Å².